The molecule has 0 aliphatic carbocycles. The van der Waals surface area contributed by atoms with Gasteiger partial charge in [-0.2, -0.15) is 14.9 Å². The molecule has 0 saturated heterocycles. The molecule has 0 radical (unpaired) electrons. The maximum atomic E-state index is 12.3. The van der Waals surface area contributed by atoms with Crippen LogP contribution in [-0.4, -0.2) is 44.1 Å². The number of hydrazone groups is 1. The quantitative estimate of drug-likeness (QED) is 0.464. The topological polar surface area (TPSA) is 108 Å². The molecule has 1 aliphatic heterocycles. The molecule has 10 nitrogen and oxygen atoms in total. The van der Waals surface area contributed by atoms with Gasteiger partial charge < -0.3 is 14.0 Å². The molecule has 2 aromatic heterocycles. The second-order valence-corrected chi connectivity index (χ2v) is 7.33. The van der Waals surface area contributed by atoms with Gasteiger partial charge in [0.25, 0.3) is 0 Å². The predicted octanol–water partition coefficient (Wildman–Crippen LogP) is 3.48. The van der Waals surface area contributed by atoms with Crippen LogP contribution in [0, 0.1) is 6.92 Å². The summed E-state index contributed by atoms with van der Waals surface area (Å²) in [5, 5.41) is 18.7. The molecule has 0 N–H and O–H groups in total. The van der Waals surface area contributed by atoms with Crippen LogP contribution in [0.2, 0.25) is 0 Å². The van der Waals surface area contributed by atoms with Gasteiger partial charge >= 0.3 is 0 Å². The van der Waals surface area contributed by atoms with Gasteiger partial charge in [-0.1, -0.05) is 23.4 Å². The lowest BCUT2D eigenvalue weighted by Gasteiger charge is -2.19. The highest BCUT2D eigenvalue weighted by atomic mass is 16.5. The first kappa shape index (κ1) is 20.4. The molecule has 1 aliphatic rings. The molecule has 3 heterocycles. The van der Waals surface area contributed by atoms with Crippen molar-refractivity contribution in [3.05, 3.63) is 77.7 Å². The fourth-order valence-corrected chi connectivity index (χ4v) is 3.51. The van der Waals surface area contributed by atoms with Gasteiger partial charge in [-0.05, 0) is 43.3 Å². The van der Waals surface area contributed by atoms with E-state index in [1.165, 1.54) is 16.7 Å². The van der Waals surface area contributed by atoms with Gasteiger partial charge in [0, 0.05) is 12.5 Å². The van der Waals surface area contributed by atoms with Gasteiger partial charge in [-0.15, -0.1) is 10.2 Å². The van der Waals surface area contributed by atoms with Gasteiger partial charge in [-0.3, -0.25) is 4.79 Å². The summed E-state index contributed by atoms with van der Waals surface area (Å²) in [6, 6.07) is 16.8. The van der Waals surface area contributed by atoms with E-state index in [1.54, 1.807) is 32.4 Å². The zero-order valence-electron chi connectivity index (χ0n) is 18.2. The van der Waals surface area contributed by atoms with Crippen molar-refractivity contribution in [2.75, 3.05) is 7.11 Å². The highest BCUT2D eigenvalue weighted by molar-refractivity contribution is 6.01. The number of hydrogen-bond donors (Lipinski definition) is 0. The summed E-state index contributed by atoms with van der Waals surface area (Å²) >= 11 is 0. The van der Waals surface area contributed by atoms with E-state index < -0.39 is 6.23 Å². The number of methoxy groups -OCH3 is 1. The smallest absolute Gasteiger partial charge is 0.247 e. The van der Waals surface area contributed by atoms with Crippen LogP contribution in [-0.2, 0) is 9.53 Å². The molecule has 0 bridgehead atoms. The van der Waals surface area contributed by atoms with Crippen LogP contribution < -0.4 is 4.74 Å². The van der Waals surface area contributed by atoms with E-state index in [0.29, 0.717) is 28.5 Å². The molecule has 5 rings (SSSR count). The Bertz CT molecular complexity index is 1330. The van der Waals surface area contributed by atoms with Gasteiger partial charge in [0.1, 0.15) is 28.5 Å². The van der Waals surface area contributed by atoms with E-state index in [9.17, 15) is 4.79 Å². The van der Waals surface area contributed by atoms with E-state index in [1.807, 2.05) is 42.5 Å². The van der Waals surface area contributed by atoms with Gasteiger partial charge in [-0.25, -0.2) is 0 Å². The van der Waals surface area contributed by atoms with Crippen LogP contribution in [0.4, 0.5) is 0 Å². The molecule has 2 aromatic carbocycles. The lowest BCUT2D eigenvalue weighted by Crippen LogP contribution is -2.25. The standard InChI is InChI=1S/C23H20N6O4/c1-14-20(21(27-33-14)19-13-24-29(25-19)17-7-5-4-6-8-17)22-26-28(15(2)30)23(32-22)16-9-11-18(31-3)12-10-16/h4-13,23H,1-3H3. The number of carbonyl (C=O) groups is 1. The van der Waals surface area contributed by atoms with Crippen molar-refractivity contribution in [2.24, 2.45) is 5.10 Å². The van der Waals surface area contributed by atoms with Crippen LogP contribution >= 0.6 is 0 Å². The van der Waals surface area contributed by atoms with Crippen molar-refractivity contribution in [3.8, 4) is 22.8 Å². The SMILES string of the molecule is COc1ccc(C2OC(c3c(-c4cnn(-c5ccccc5)n4)noc3C)=NN2C(C)=O)cc1. The third kappa shape index (κ3) is 3.71. The van der Waals surface area contributed by atoms with Crippen molar-refractivity contribution in [3.63, 3.8) is 0 Å². The number of para-hydroxylation sites is 1. The molecule has 0 spiro atoms. The summed E-state index contributed by atoms with van der Waals surface area (Å²) < 4.78 is 16.8. The number of rotatable bonds is 5. The highest BCUT2D eigenvalue weighted by Gasteiger charge is 2.36. The third-order valence-electron chi connectivity index (χ3n) is 5.17. The lowest BCUT2D eigenvalue weighted by atomic mass is 10.1. The molecule has 0 fully saturated rings. The Morgan fingerprint density at radius 1 is 1.09 bits per heavy atom. The Morgan fingerprint density at radius 2 is 1.85 bits per heavy atom. The number of aromatic nitrogens is 4. The van der Waals surface area contributed by atoms with Crippen LogP contribution in [0.1, 0.15) is 30.0 Å². The number of carbonyl (C=O) groups excluding carboxylic acids is 1. The Kier molecular flexibility index (Phi) is 5.09. The Morgan fingerprint density at radius 3 is 2.55 bits per heavy atom. The second-order valence-electron chi connectivity index (χ2n) is 7.33. The van der Waals surface area contributed by atoms with E-state index >= 15 is 0 Å². The van der Waals surface area contributed by atoms with Crippen LogP contribution in [0.3, 0.4) is 0 Å². The monoisotopic (exact) mass is 444 g/mol. The number of benzene rings is 2. The summed E-state index contributed by atoms with van der Waals surface area (Å²) in [5.41, 5.74) is 2.97. The summed E-state index contributed by atoms with van der Waals surface area (Å²) in [4.78, 5) is 13.8. The number of amides is 1. The molecule has 1 atom stereocenters. The van der Waals surface area contributed by atoms with Crippen molar-refractivity contribution in [1.29, 1.82) is 0 Å². The molecule has 166 valence electrons. The van der Waals surface area contributed by atoms with E-state index in [4.69, 9.17) is 14.0 Å². The van der Waals surface area contributed by atoms with Gasteiger partial charge in [0.15, 0.2) is 0 Å². The fourth-order valence-electron chi connectivity index (χ4n) is 3.51. The first-order valence-corrected chi connectivity index (χ1v) is 10.2. The number of aryl methyl sites for hydroxylation is 1. The minimum absolute atomic E-state index is 0.217. The first-order valence-electron chi connectivity index (χ1n) is 10.2. The molecule has 1 amide bonds. The molecule has 0 saturated carbocycles. The second kappa shape index (κ2) is 8.23. The average molecular weight is 444 g/mol. The minimum atomic E-state index is -0.731. The number of hydrogen-bond acceptors (Lipinski definition) is 8. The predicted molar refractivity (Wildman–Crippen MR) is 117 cm³/mol. The average Bonchev–Trinajstić information content (AvgIpc) is 3.57. The maximum Gasteiger partial charge on any atom is 0.247 e. The van der Waals surface area contributed by atoms with E-state index in [-0.39, 0.29) is 11.8 Å². The molecular formula is C23H20N6O4. The van der Waals surface area contributed by atoms with Crippen LogP contribution in [0.15, 0.2) is 70.4 Å². The first-order chi connectivity index (χ1) is 16.0. The largest absolute Gasteiger partial charge is 0.497 e. The Balaban J connectivity index is 1.50. The number of ether oxygens (including phenoxy) is 2. The summed E-state index contributed by atoms with van der Waals surface area (Å²) in [6.45, 7) is 3.18. The van der Waals surface area contributed by atoms with Crippen molar-refractivity contribution in [1.82, 2.24) is 25.2 Å². The van der Waals surface area contributed by atoms with Crippen LogP contribution in [0.25, 0.3) is 17.1 Å². The molecule has 1 unspecified atom stereocenters. The van der Waals surface area contributed by atoms with E-state index in [0.717, 1.165) is 11.3 Å². The van der Waals surface area contributed by atoms with Crippen molar-refractivity contribution < 1.29 is 18.8 Å². The summed E-state index contributed by atoms with van der Waals surface area (Å²) in [6.07, 6.45) is 0.859. The lowest BCUT2D eigenvalue weighted by molar-refractivity contribution is -0.135. The summed E-state index contributed by atoms with van der Waals surface area (Å²) in [7, 11) is 1.59. The van der Waals surface area contributed by atoms with Crippen molar-refractivity contribution in [2.45, 2.75) is 20.1 Å². The Labute approximate surface area is 189 Å². The highest BCUT2D eigenvalue weighted by Crippen LogP contribution is 2.34. The zero-order valence-corrected chi connectivity index (χ0v) is 18.2. The molecule has 10 heteroatoms. The van der Waals surface area contributed by atoms with Crippen molar-refractivity contribution >= 4 is 11.8 Å². The van der Waals surface area contributed by atoms with Crippen LogP contribution in [0.5, 0.6) is 5.75 Å². The van der Waals surface area contributed by atoms with E-state index in [2.05, 4.69) is 20.5 Å². The molecule has 33 heavy (non-hydrogen) atoms. The summed E-state index contributed by atoms with van der Waals surface area (Å²) in [5.74, 6) is 1.13. The molecular weight excluding hydrogens is 424 g/mol. The maximum absolute atomic E-state index is 12.3. The van der Waals surface area contributed by atoms with Gasteiger partial charge in [0.2, 0.25) is 18.0 Å². The minimum Gasteiger partial charge on any atom is -0.497 e. The Hall–Kier alpha value is -4.47. The fraction of sp³-hybridized carbons (Fsp3) is 0.174. The molecule has 4 aromatic rings. The zero-order chi connectivity index (χ0) is 22.9. The third-order valence-corrected chi connectivity index (χ3v) is 5.17. The number of nitrogens with zero attached hydrogens (tertiary/aromatic N) is 6. The normalized spacial score (nSPS) is 15.3. The van der Waals surface area contributed by atoms with Gasteiger partial charge in [0.05, 0.1) is 19.0 Å².